The lowest BCUT2D eigenvalue weighted by Crippen LogP contribution is -2.54. The largest absolute Gasteiger partial charge is 0.378 e. The quantitative estimate of drug-likeness (QED) is 0.358. The van der Waals surface area contributed by atoms with Crippen LogP contribution < -0.4 is 43.0 Å². The predicted octanol–water partition coefficient (Wildman–Crippen LogP) is -0.819. The number of benzene rings is 1. The summed E-state index contributed by atoms with van der Waals surface area (Å²) in [5.41, 5.74) is 27.0. The minimum absolute atomic E-state index is 0.0278. The van der Waals surface area contributed by atoms with Crippen molar-refractivity contribution >= 4 is 29.2 Å². The van der Waals surface area contributed by atoms with Crippen molar-refractivity contribution in [3.8, 4) is 0 Å². The molecule has 12 heteroatoms. The Bertz CT molecular complexity index is 920. The summed E-state index contributed by atoms with van der Waals surface area (Å²) in [4.78, 5) is 20.6. The molecule has 12 nitrogen and oxygen atoms in total. The molecular weight excluding hydrogens is 446 g/mol. The van der Waals surface area contributed by atoms with Crippen LogP contribution in [0, 0.1) is 0 Å². The molecular formula is C23H37N11O. The van der Waals surface area contributed by atoms with E-state index in [1.165, 1.54) is 5.69 Å². The third kappa shape index (κ3) is 5.90. The van der Waals surface area contributed by atoms with Crippen LogP contribution in [0.4, 0.5) is 29.2 Å². The van der Waals surface area contributed by atoms with Gasteiger partial charge in [0.2, 0.25) is 17.8 Å². The Hall–Kier alpha value is -2.77. The minimum atomic E-state index is -0.0278. The van der Waals surface area contributed by atoms with E-state index in [0.29, 0.717) is 44.0 Å². The molecule has 0 bridgehead atoms. The fourth-order valence-electron chi connectivity index (χ4n) is 5.08. The third-order valence-electron chi connectivity index (χ3n) is 6.71. The molecule has 3 saturated heterocycles. The standard InChI is InChI=1S/C23H37N11O/c24-15-9-16(25)12-33(11-15)22-29-21(30-23(31-22)34-13-17(26)10-18(27)14-34)28-19-1-3-20(4-2-19)32-5-7-35-8-6-32/h1-4,15-18H,5-14,24-27H2,(H,28,29,30,31). The maximum Gasteiger partial charge on any atom is 0.233 e. The number of anilines is 5. The maximum atomic E-state index is 6.24. The number of piperidine rings is 2. The van der Waals surface area contributed by atoms with Crippen LogP contribution in [0.5, 0.6) is 0 Å². The van der Waals surface area contributed by atoms with Gasteiger partial charge in [-0.05, 0) is 37.1 Å². The molecule has 0 aliphatic carbocycles. The van der Waals surface area contributed by atoms with Gasteiger partial charge >= 0.3 is 0 Å². The highest BCUT2D eigenvalue weighted by molar-refractivity contribution is 5.61. The number of nitrogens with zero attached hydrogens (tertiary/aromatic N) is 6. The van der Waals surface area contributed by atoms with Crippen LogP contribution in [0.3, 0.4) is 0 Å². The average molecular weight is 484 g/mol. The van der Waals surface area contributed by atoms with Gasteiger partial charge in [0.25, 0.3) is 0 Å². The highest BCUT2D eigenvalue weighted by atomic mass is 16.5. The van der Waals surface area contributed by atoms with Crippen molar-refractivity contribution in [2.75, 3.05) is 72.5 Å². The van der Waals surface area contributed by atoms with Gasteiger partial charge in [-0.25, -0.2) is 0 Å². The lowest BCUT2D eigenvalue weighted by molar-refractivity contribution is 0.122. The molecule has 0 radical (unpaired) electrons. The lowest BCUT2D eigenvalue weighted by Gasteiger charge is -2.37. The smallest absolute Gasteiger partial charge is 0.233 e. The number of nitrogens with two attached hydrogens (primary N) is 4. The number of aromatic nitrogens is 3. The van der Waals surface area contributed by atoms with Crippen molar-refractivity contribution in [2.24, 2.45) is 22.9 Å². The van der Waals surface area contributed by atoms with Gasteiger partial charge in [-0.15, -0.1) is 0 Å². The van der Waals surface area contributed by atoms with E-state index in [1.54, 1.807) is 0 Å². The van der Waals surface area contributed by atoms with E-state index in [4.69, 9.17) is 42.6 Å². The predicted molar refractivity (Wildman–Crippen MR) is 138 cm³/mol. The molecule has 4 atom stereocenters. The molecule has 2 aromatic rings. The second-order valence-corrected chi connectivity index (χ2v) is 9.85. The van der Waals surface area contributed by atoms with Gasteiger partial charge in [-0.2, -0.15) is 15.0 Å². The van der Waals surface area contributed by atoms with Crippen LogP contribution in [-0.4, -0.2) is 91.6 Å². The monoisotopic (exact) mass is 483 g/mol. The van der Waals surface area contributed by atoms with Gasteiger partial charge in [0.15, 0.2) is 0 Å². The fraction of sp³-hybridized carbons (Fsp3) is 0.609. The Morgan fingerprint density at radius 3 is 1.66 bits per heavy atom. The van der Waals surface area contributed by atoms with Crippen molar-refractivity contribution in [2.45, 2.75) is 37.0 Å². The van der Waals surface area contributed by atoms with Gasteiger partial charge in [-0.3, -0.25) is 0 Å². The molecule has 190 valence electrons. The van der Waals surface area contributed by atoms with E-state index in [0.717, 1.165) is 44.8 Å². The van der Waals surface area contributed by atoms with Crippen molar-refractivity contribution in [1.29, 1.82) is 0 Å². The van der Waals surface area contributed by atoms with Crippen LogP contribution >= 0.6 is 0 Å². The van der Waals surface area contributed by atoms with Crippen LogP contribution in [-0.2, 0) is 4.74 Å². The minimum Gasteiger partial charge on any atom is -0.378 e. The van der Waals surface area contributed by atoms with Crippen LogP contribution in [0.1, 0.15) is 12.8 Å². The Morgan fingerprint density at radius 2 is 1.17 bits per heavy atom. The second-order valence-electron chi connectivity index (χ2n) is 9.85. The summed E-state index contributed by atoms with van der Waals surface area (Å²) in [5, 5.41) is 3.35. The van der Waals surface area contributed by atoms with Crippen LogP contribution in [0.15, 0.2) is 24.3 Å². The van der Waals surface area contributed by atoms with Gasteiger partial charge in [0.1, 0.15) is 0 Å². The number of hydrogen-bond donors (Lipinski definition) is 5. The fourth-order valence-corrected chi connectivity index (χ4v) is 5.08. The van der Waals surface area contributed by atoms with E-state index in [-0.39, 0.29) is 24.2 Å². The Kier molecular flexibility index (Phi) is 7.16. The van der Waals surface area contributed by atoms with Gasteiger partial charge in [-0.1, -0.05) is 0 Å². The second kappa shape index (κ2) is 10.5. The zero-order valence-electron chi connectivity index (χ0n) is 20.1. The summed E-state index contributed by atoms with van der Waals surface area (Å²) in [6, 6.07) is 8.16. The number of morpholine rings is 1. The lowest BCUT2D eigenvalue weighted by atomic mass is 10.0. The molecule has 0 saturated carbocycles. The molecule has 3 aliphatic rings. The summed E-state index contributed by atoms with van der Waals surface area (Å²) >= 11 is 0. The van der Waals surface area contributed by atoms with Crippen molar-refractivity contribution in [1.82, 2.24) is 15.0 Å². The first kappa shape index (κ1) is 23.9. The summed E-state index contributed by atoms with van der Waals surface area (Å²) in [6.45, 7) is 5.87. The third-order valence-corrected chi connectivity index (χ3v) is 6.71. The molecule has 4 heterocycles. The number of ether oxygens (including phenoxy) is 1. The first-order valence-corrected chi connectivity index (χ1v) is 12.4. The zero-order valence-corrected chi connectivity index (χ0v) is 20.1. The number of rotatable bonds is 5. The molecule has 1 aromatic heterocycles. The van der Waals surface area contributed by atoms with Gasteiger partial charge in [0, 0.05) is 74.8 Å². The van der Waals surface area contributed by atoms with Crippen LogP contribution in [0.25, 0.3) is 0 Å². The average Bonchev–Trinajstić information content (AvgIpc) is 2.84. The number of nitrogens with one attached hydrogen (secondary N) is 1. The normalized spacial score (nSPS) is 27.7. The Labute approximate surface area is 206 Å². The molecule has 0 amide bonds. The van der Waals surface area contributed by atoms with Crippen molar-refractivity contribution in [3.05, 3.63) is 24.3 Å². The molecule has 35 heavy (non-hydrogen) atoms. The van der Waals surface area contributed by atoms with E-state index in [1.807, 2.05) is 21.9 Å². The zero-order chi connectivity index (χ0) is 24.4. The Morgan fingerprint density at radius 1 is 0.686 bits per heavy atom. The molecule has 1 aromatic carbocycles. The molecule has 9 N–H and O–H groups in total. The first-order valence-electron chi connectivity index (χ1n) is 12.4. The number of hydrogen-bond acceptors (Lipinski definition) is 12. The highest BCUT2D eigenvalue weighted by Crippen LogP contribution is 2.25. The summed E-state index contributed by atoms with van der Waals surface area (Å²) in [5.74, 6) is 1.58. The molecule has 0 spiro atoms. The molecule has 5 rings (SSSR count). The van der Waals surface area contributed by atoms with E-state index in [9.17, 15) is 0 Å². The van der Waals surface area contributed by atoms with Crippen molar-refractivity contribution < 1.29 is 4.74 Å². The maximum absolute atomic E-state index is 6.24. The summed E-state index contributed by atoms with van der Waals surface area (Å²) in [7, 11) is 0. The Balaban J connectivity index is 1.40. The van der Waals surface area contributed by atoms with E-state index < -0.39 is 0 Å². The molecule has 3 fully saturated rings. The summed E-state index contributed by atoms with van der Waals surface area (Å²) in [6.07, 6.45) is 1.57. The summed E-state index contributed by atoms with van der Waals surface area (Å²) < 4.78 is 5.46. The highest BCUT2D eigenvalue weighted by Gasteiger charge is 2.28. The molecule has 3 aliphatic heterocycles. The SMILES string of the molecule is NC1CC(N)CN(c2nc(Nc3ccc(N4CCOCC4)cc3)nc(N3CC(N)CC(N)C3)n2)C1. The van der Waals surface area contributed by atoms with E-state index >= 15 is 0 Å². The van der Waals surface area contributed by atoms with E-state index in [2.05, 4.69) is 22.3 Å². The first-order chi connectivity index (χ1) is 16.9. The van der Waals surface area contributed by atoms with Gasteiger partial charge < -0.3 is 47.7 Å². The topological polar surface area (TPSA) is 174 Å². The van der Waals surface area contributed by atoms with Crippen LogP contribution in [0.2, 0.25) is 0 Å². The van der Waals surface area contributed by atoms with Gasteiger partial charge in [0.05, 0.1) is 13.2 Å². The van der Waals surface area contributed by atoms with Crippen molar-refractivity contribution in [3.63, 3.8) is 0 Å². The molecule has 4 unspecified atom stereocenters.